The van der Waals surface area contributed by atoms with Crippen LogP contribution in [-0.4, -0.2) is 11.0 Å². The van der Waals surface area contributed by atoms with Crippen LogP contribution in [0.5, 0.6) is 0 Å². The normalized spacial score (nSPS) is 12.6. The predicted molar refractivity (Wildman–Crippen MR) is 72.3 cm³/mol. The van der Waals surface area contributed by atoms with Crippen molar-refractivity contribution in [3.63, 3.8) is 0 Å². The molecule has 0 aliphatic heterocycles. The monoisotopic (exact) mass is 262 g/mol. The molecule has 1 heterocycles. The Bertz CT molecular complexity index is 507. The number of hydrogen-bond donors (Lipinski definition) is 1. The molecule has 1 unspecified atom stereocenters. The van der Waals surface area contributed by atoms with E-state index in [2.05, 4.69) is 17.2 Å². The van der Waals surface area contributed by atoms with E-state index < -0.39 is 0 Å². The lowest BCUT2D eigenvalue weighted by atomic mass is 10.1. The van der Waals surface area contributed by atoms with Gasteiger partial charge in [0.05, 0.1) is 12.7 Å². The van der Waals surface area contributed by atoms with Crippen molar-refractivity contribution in [1.29, 1.82) is 0 Å². The van der Waals surface area contributed by atoms with Crippen molar-refractivity contribution in [3.8, 4) is 0 Å². The molecule has 0 bridgehead atoms. The summed E-state index contributed by atoms with van der Waals surface area (Å²) >= 11 is 0. The minimum Gasteiger partial charge on any atom is -0.444 e. The van der Waals surface area contributed by atoms with Gasteiger partial charge in [-0.05, 0) is 31.0 Å². The van der Waals surface area contributed by atoms with E-state index in [0.717, 1.165) is 24.2 Å². The van der Waals surface area contributed by atoms with Crippen LogP contribution in [0.3, 0.4) is 0 Å². The summed E-state index contributed by atoms with van der Waals surface area (Å²) in [7, 11) is 0. The van der Waals surface area contributed by atoms with Gasteiger partial charge in [0, 0.05) is 12.5 Å². The van der Waals surface area contributed by atoms with Gasteiger partial charge in [-0.3, -0.25) is 0 Å². The van der Waals surface area contributed by atoms with Crippen LogP contribution in [0.2, 0.25) is 0 Å². The Morgan fingerprint density at radius 2 is 2.05 bits per heavy atom. The van der Waals surface area contributed by atoms with Gasteiger partial charge in [-0.1, -0.05) is 19.1 Å². The number of benzene rings is 1. The van der Waals surface area contributed by atoms with E-state index >= 15 is 0 Å². The molecule has 0 amide bonds. The molecule has 1 atom stereocenters. The molecule has 102 valence electrons. The second kappa shape index (κ2) is 6.48. The molecule has 1 N–H and O–H groups in total. The third-order valence-electron chi connectivity index (χ3n) is 3.01. The molecule has 1 aromatic heterocycles. The molecule has 0 aliphatic carbocycles. The maximum Gasteiger partial charge on any atom is 0.208 e. The van der Waals surface area contributed by atoms with E-state index in [1.807, 2.05) is 19.1 Å². The number of rotatable bonds is 6. The Morgan fingerprint density at radius 1 is 1.32 bits per heavy atom. The summed E-state index contributed by atoms with van der Waals surface area (Å²) in [6, 6.07) is 6.89. The number of nitrogens with zero attached hydrogens (tertiary/aromatic N) is 1. The zero-order valence-corrected chi connectivity index (χ0v) is 11.3. The van der Waals surface area contributed by atoms with Gasteiger partial charge in [0.1, 0.15) is 11.6 Å². The third kappa shape index (κ3) is 4.17. The van der Waals surface area contributed by atoms with Crippen molar-refractivity contribution in [1.82, 2.24) is 10.3 Å². The fourth-order valence-corrected chi connectivity index (χ4v) is 1.90. The summed E-state index contributed by atoms with van der Waals surface area (Å²) in [5.41, 5.74) is 1.11. The maximum absolute atomic E-state index is 12.8. The SMILES string of the molecule is CCc1cnc(CNC(C)Cc2ccc(F)cc2)o1. The molecule has 0 spiro atoms. The number of aromatic nitrogens is 1. The van der Waals surface area contributed by atoms with E-state index in [0.29, 0.717) is 12.4 Å². The van der Waals surface area contributed by atoms with Gasteiger partial charge in [-0.25, -0.2) is 9.37 Å². The Morgan fingerprint density at radius 3 is 2.68 bits per heavy atom. The van der Waals surface area contributed by atoms with E-state index in [9.17, 15) is 4.39 Å². The highest BCUT2D eigenvalue weighted by atomic mass is 19.1. The van der Waals surface area contributed by atoms with Crippen molar-refractivity contribution in [3.05, 3.63) is 53.5 Å². The van der Waals surface area contributed by atoms with Gasteiger partial charge in [-0.15, -0.1) is 0 Å². The van der Waals surface area contributed by atoms with Crippen LogP contribution < -0.4 is 5.32 Å². The van der Waals surface area contributed by atoms with Crippen LogP contribution in [-0.2, 0) is 19.4 Å². The van der Waals surface area contributed by atoms with Gasteiger partial charge < -0.3 is 9.73 Å². The average Bonchev–Trinajstić information content (AvgIpc) is 2.87. The summed E-state index contributed by atoms with van der Waals surface area (Å²) < 4.78 is 18.3. The van der Waals surface area contributed by atoms with Crippen molar-refractivity contribution in [2.45, 2.75) is 39.3 Å². The average molecular weight is 262 g/mol. The smallest absolute Gasteiger partial charge is 0.208 e. The topological polar surface area (TPSA) is 38.1 Å². The van der Waals surface area contributed by atoms with Crippen molar-refractivity contribution >= 4 is 0 Å². The zero-order chi connectivity index (χ0) is 13.7. The molecular weight excluding hydrogens is 243 g/mol. The highest BCUT2D eigenvalue weighted by Crippen LogP contribution is 2.07. The molecule has 3 nitrogen and oxygen atoms in total. The molecular formula is C15H19FN2O. The molecule has 1 aromatic carbocycles. The summed E-state index contributed by atoms with van der Waals surface area (Å²) in [5, 5.41) is 3.35. The highest BCUT2D eigenvalue weighted by molar-refractivity contribution is 5.17. The summed E-state index contributed by atoms with van der Waals surface area (Å²) in [5.74, 6) is 1.42. The second-order valence-corrected chi connectivity index (χ2v) is 4.69. The Balaban J connectivity index is 1.81. The molecule has 0 aliphatic rings. The van der Waals surface area contributed by atoms with Crippen LogP contribution >= 0.6 is 0 Å². The lowest BCUT2D eigenvalue weighted by Gasteiger charge is -2.12. The quantitative estimate of drug-likeness (QED) is 0.869. The highest BCUT2D eigenvalue weighted by Gasteiger charge is 2.06. The molecule has 0 saturated carbocycles. The van der Waals surface area contributed by atoms with E-state index in [-0.39, 0.29) is 11.9 Å². The van der Waals surface area contributed by atoms with Gasteiger partial charge in [0.2, 0.25) is 5.89 Å². The van der Waals surface area contributed by atoms with Crippen LogP contribution in [0.4, 0.5) is 4.39 Å². The number of aryl methyl sites for hydroxylation is 1. The third-order valence-corrected chi connectivity index (χ3v) is 3.01. The Labute approximate surface area is 112 Å². The fourth-order valence-electron chi connectivity index (χ4n) is 1.90. The Hall–Kier alpha value is -1.68. The van der Waals surface area contributed by atoms with E-state index in [4.69, 9.17) is 4.42 Å². The summed E-state index contributed by atoms with van der Waals surface area (Å²) in [4.78, 5) is 4.20. The van der Waals surface area contributed by atoms with Crippen molar-refractivity contribution in [2.75, 3.05) is 0 Å². The largest absolute Gasteiger partial charge is 0.444 e. The lowest BCUT2D eigenvalue weighted by molar-refractivity contribution is 0.420. The number of nitrogens with one attached hydrogen (secondary N) is 1. The molecule has 19 heavy (non-hydrogen) atoms. The van der Waals surface area contributed by atoms with Crippen molar-refractivity contribution in [2.24, 2.45) is 0 Å². The van der Waals surface area contributed by atoms with Gasteiger partial charge in [0.25, 0.3) is 0 Å². The van der Waals surface area contributed by atoms with Gasteiger partial charge in [-0.2, -0.15) is 0 Å². The molecule has 4 heteroatoms. The Kier molecular flexibility index (Phi) is 4.68. The maximum atomic E-state index is 12.8. The molecule has 0 radical (unpaired) electrons. The van der Waals surface area contributed by atoms with Crippen LogP contribution in [0.1, 0.15) is 31.1 Å². The van der Waals surface area contributed by atoms with Gasteiger partial charge >= 0.3 is 0 Å². The molecule has 2 aromatic rings. The number of oxazole rings is 1. The van der Waals surface area contributed by atoms with Crippen LogP contribution in [0.25, 0.3) is 0 Å². The summed E-state index contributed by atoms with van der Waals surface area (Å²) in [6.07, 6.45) is 3.47. The van der Waals surface area contributed by atoms with Crippen molar-refractivity contribution < 1.29 is 8.81 Å². The first kappa shape index (κ1) is 13.7. The number of hydrogen-bond acceptors (Lipinski definition) is 3. The summed E-state index contributed by atoms with van der Waals surface area (Å²) in [6.45, 7) is 4.74. The first-order valence-corrected chi connectivity index (χ1v) is 6.58. The van der Waals surface area contributed by atoms with Crippen LogP contribution in [0.15, 0.2) is 34.9 Å². The first-order chi connectivity index (χ1) is 9.17. The standard InChI is InChI=1S/C15H19FN2O/c1-3-14-9-18-15(19-14)10-17-11(2)8-12-4-6-13(16)7-5-12/h4-7,9,11,17H,3,8,10H2,1-2H3. The van der Waals surface area contributed by atoms with E-state index in [1.165, 1.54) is 12.1 Å². The molecule has 0 fully saturated rings. The zero-order valence-electron chi connectivity index (χ0n) is 11.3. The predicted octanol–water partition coefficient (Wildman–Crippen LogP) is 3.10. The van der Waals surface area contributed by atoms with E-state index in [1.54, 1.807) is 6.20 Å². The second-order valence-electron chi connectivity index (χ2n) is 4.69. The molecule has 2 rings (SSSR count). The minimum absolute atomic E-state index is 0.198. The fraction of sp³-hybridized carbons (Fsp3) is 0.400. The van der Waals surface area contributed by atoms with Gasteiger partial charge in [0.15, 0.2) is 0 Å². The lowest BCUT2D eigenvalue weighted by Crippen LogP contribution is -2.27. The molecule has 0 saturated heterocycles. The number of halogens is 1. The van der Waals surface area contributed by atoms with Crippen LogP contribution in [0, 0.1) is 5.82 Å². The minimum atomic E-state index is -0.198. The first-order valence-electron chi connectivity index (χ1n) is 6.58.